The van der Waals surface area contributed by atoms with Gasteiger partial charge in [-0.3, -0.25) is 5.41 Å². The average Bonchev–Trinajstić information content (AvgIpc) is 2.57. The first-order valence-electron chi connectivity index (χ1n) is 5.00. The molecule has 84 valence electrons. The van der Waals surface area contributed by atoms with Gasteiger partial charge in [0, 0.05) is 17.7 Å². The molecule has 0 aromatic heterocycles. The first-order valence-corrected chi connectivity index (χ1v) is 5.00. The summed E-state index contributed by atoms with van der Waals surface area (Å²) in [5.41, 5.74) is 5.53. The molecule has 0 bridgehead atoms. The molecule has 16 heavy (non-hydrogen) atoms. The Morgan fingerprint density at radius 3 is 2.69 bits per heavy atom. The van der Waals surface area contributed by atoms with Gasteiger partial charge in [-0.05, 0) is 6.92 Å². The van der Waals surface area contributed by atoms with E-state index in [0.29, 0.717) is 12.0 Å². The van der Waals surface area contributed by atoms with Crippen molar-refractivity contribution in [3.05, 3.63) is 35.9 Å². The Balaban J connectivity index is 2.43. The fourth-order valence-electron chi connectivity index (χ4n) is 1.90. The van der Waals surface area contributed by atoms with E-state index >= 15 is 0 Å². The van der Waals surface area contributed by atoms with Crippen molar-refractivity contribution in [2.75, 3.05) is 0 Å². The van der Waals surface area contributed by atoms with E-state index in [1.165, 1.54) is 0 Å². The minimum atomic E-state index is -1.32. The molecule has 1 atom stereocenters. The molecular formula is C11H14N4O. The predicted molar refractivity (Wildman–Crippen MR) is 61.8 cm³/mol. The minimum absolute atomic E-state index is 0.261. The van der Waals surface area contributed by atoms with Gasteiger partial charge in [0.1, 0.15) is 0 Å². The van der Waals surface area contributed by atoms with Crippen molar-refractivity contribution in [2.45, 2.75) is 19.1 Å². The van der Waals surface area contributed by atoms with Crippen molar-refractivity contribution in [1.82, 2.24) is 5.01 Å². The van der Waals surface area contributed by atoms with Crippen LogP contribution < -0.4 is 5.73 Å². The summed E-state index contributed by atoms with van der Waals surface area (Å²) in [6, 6.07) is 9.13. The second-order valence-corrected chi connectivity index (χ2v) is 3.89. The number of nitrogens with two attached hydrogens (primary N) is 1. The van der Waals surface area contributed by atoms with Gasteiger partial charge in [0.2, 0.25) is 5.96 Å². The number of nitrogens with zero attached hydrogens (tertiary/aromatic N) is 2. The van der Waals surface area contributed by atoms with Crippen LogP contribution in [0.4, 0.5) is 0 Å². The number of hydrogen-bond donors (Lipinski definition) is 3. The maximum atomic E-state index is 10.6. The summed E-state index contributed by atoms with van der Waals surface area (Å²) >= 11 is 0. The summed E-state index contributed by atoms with van der Waals surface area (Å²) in [5.74, 6) is -0.261. The lowest BCUT2D eigenvalue weighted by Crippen LogP contribution is -2.46. The Morgan fingerprint density at radius 1 is 1.50 bits per heavy atom. The third kappa shape index (κ3) is 1.55. The molecule has 2 rings (SSSR count). The highest BCUT2D eigenvalue weighted by Crippen LogP contribution is 2.34. The maximum absolute atomic E-state index is 10.6. The SMILES string of the molecule is CC1=NN(C(=N)N)[C@@](O)(c2ccccc2)C1. The molecule has 5 nitrogen and oxygen atoms in total. The molecule has 0 fully saturated rings. The molecule has 0 radical (unpaired) electrons. The molecule has 1 aliphatic heterocycles. The standard InChI is InChI=1S/C11H14N4O/c1-8-7-11(16,15(14-8)10(12)13)9-5-3-2-4-6-9/h2-6,16H,7H2,1H3,(H3,12,13)/t11-/m0/s1. The van der Waals surface area contributed by atoms with Crippen molar-refractivity contribution in [3.63, 3.8) is 0 Å². The summed E-state index contributed by atoms with van der Waals surface area (Å²) in [4.78, 5) is 0. The summed E-state index contributed by atoms with van der Waals surface area (Å²) in [7, 11) is 0. The van der Waals surface area contributed by atoms with Crippen LogP contribution >= 0.6 is 0 Å². The van der Waals surface area contributed by atoms with E-state index in [9.17, 15) is 5.11 Å². The Hall–Kier alpha value is -1.88. The molecule has 1 aromatic carbocycles. The van der Waals surface area contributed by atoms with Gasteiger partial charge in [0.25, 0.3) is 0 Å². The monoisotopic (exact) mass is 218 g/mol. The Morgan fingerprint density at radius 2 is 2.12 bits per heavy atom. The van der Waals surface area contributed by atoms with Gasteiger partial charge in [-0.25, -0.2) is 0 Å². The van der Waals surface area contributed by atoms with Crippen molar-refractivity contribution < 1.29 is 5.11 Å². The van der Waals surface area contributed by atoms with E-state index in [0.717, 1.165) is 10.7 Å². The lowest BCUT2D eigenvalue weighted by molar-refractivity contribution is -0.0583. The van der Waals surface area contributed by atoms with E-state index < -0.39 is 5.72 Å². The molecule has 0 amide bonds. The zero-order valence-corrected chi connectivity index (χ0v) is 9.01. The van der Waals surface area contributed by atoms with Crippen LogP contribution in [0.25, 0.3) is 0 Å². The van der Waals surface area contributed by atoms with Gasteiger partial charge in [0.05, 0.1) is 0 Å². The number of hydrazone groups is 1. The van der Waals surface area contributed by atoms with Crippen molar-refractivity contribution in [3.8, 4) is 0 Å². The number of nitrogens with one attached hydrogen (secondary N) is 1. The summed E-state index contributed by atoms with van der Waals surface area (Å²) < 4.78 is 0. The van der Waals surface area contributed by atoms with Gasteiger partial charge in [-0.2, -0.15) is 10.1 Å². The van der Waals surface area contributed by atoms with Crippen LogP contribution in [0.2, 0.25) is 0 Å². The van der Waals surface area contributed by atoms with E-state index in [2.05, 4.69) is 5.10 Å². The Labute approximate surface area is 93.7 Å². The maximum Gasteiger partial charge on any atom is 0.212 e. The third-order valence-corrected chi connectivity index (χ3v) is 2.59. The van der Waals surface area contributed by atoms with Crippen LogP contribution in [0.3, 0.4) is 0 Å². The number of rotatable bonds is 1. The van der Waals surface area contributed by atoms with Gasteiger partial charge in [-0.15, -0.1) is 0 Å². The topological polar surface area (TPSA) is 85.7 Å². The number of hydrogen-bond acceptors (Lipinski definition) is 3. The lowest BCUT2D eigenvalue weighted by Gasteiger charge is -2.31. The summed E-state index contributed by atoms with van der Waals surface area (Å²) in [5, 5.41) is 23.2. The van der Waals surface area contributed by atoms with E-state index in [4.69, 9.17) is 11.1 Å². The fraction of sp³-hybridized carbons (Fsp3) is 0.273. The van der Waals surface area contributed by atoms with E-state index in [-0.39, 0.29) is 5.96 Å². The largest absolute Gasteiger partial charge is 0.368 e. The van der Waals surface area contributed by atoms with Crippen LogP contribution in [0.1, 0.15) is 18.9 Å². The summed E-state index contributed by atoms with van der Waals surface area (Å²) in [6.07, 6.45) is 0.358. The molecule has 0 unspecified atom stereocenters. The van der Waals surface area contributed by atoms with Crippen LogP contribution in [0.15, 0.2) is 35.4 Å². The second kappa shape index (κ2) is 3.61. The third-order valence-electron chi connectivity index (χ3n) is 2.59. The van der Waals surface area contributed by atoms with E-state index in [1.54, 1.807) is 19.1 Å². The van der Waals surface area contributed by atoms with Gasteiger partial charge in [0.15, 0.2) is 5.72 Å². The normalized spacial score (nSPS) is 24.4. The van der Waals surface area contributed by atoms with Crippen LogP contribution in [0.5, 0.6) is 0 Å². The summed E-state index contributed by atoms with van der Waals surface area (Å²) in [6.45, 7) is 1.80. The Kier molecular flexibility index (Phi) is 2.40. The lowest BCUT2D eigenvalue weighted by atomic mass is 9.98. The molecule has 1 aromatic rings. The molecule has 0 aliphatic carbocycles. The second-order valence-electron chi connectivity index (χ2n) is 3.89. The van der Waals surface area contributed by atoms with Crippen molar-refractivity contribution in [2.24, 2.45) is 10.8 Å². The van der Waals surface area contributed by atoms with Gasteiger partial charge >= 0.3 is 0 Å². The number of benzene rings is 1. The van der Waals surface area contributed by atoms with Gasteiger partial charge in [-0.1, -0.05) is 30.3 Å². The smallest absolute Gasteiger partial charge is 0.212 e. The average molecular weight is 218 g/mol. The first-order chi connectivity index (χ1) is 7.54. The van der Waals surface area contributed by atoms with Crippen LogP contribution in [-0.4, -0.2) is 21.8 Å². The molecule has 1 heterocycles. The highest BCUT2D eigenvalue weighted by molar-refractivity contribution is 5.88. The Bertz CT molecular complexity index is 443. The quantitative estimate of drug-likeness (QED) is 0.481. The number of guanidine groups is 1. The predicted octanol–water partition coefficient (Wildman–Crippen LogP) is 0.807. The molecule has 5 heteroatoms. The van der Waals surface area contributed by atoms with E-state index in [1.807, 2.05) is 18.2 Å². The zero-order valence-electron chi connectivity index (χ0n) is 9.01. The fourth-order valence-corrected chi connectivity index (χ4v) is 1.90. The van der Waals surface area contributed by atoms with Crippen LogP contribution in [-0.2, 0) is 5.72 Å². The minimum Gasteiger partial charge on any atom is -0.368 e. The zero-order chi connectivity index (χ0) is 11.8. The molecular weight excluding hydrogens is 204 g/mol. The van der Waals surface area contributed by atoms with Gasteiger partial charge < -0.3 is 10.8 Å². The molecule has 1 aliphatic rings. The van der Waals surface area contributed by atoms with Crippen molar-refractivity contribution >= 4 is 11.7 Å². The van der Waals surface area contributed by atoms with Crippen LogP contribution in [0, 0.1) is 5.41 Å². The molecule has 0 saturated carbocycles. The highest BCUT2D eigenvalue weighted by Gasteiger charge is 2.42. The molecule has 0 spiro atoms. The molecule has 0 saturated heterocycles. The first kappa shape index (κ1) is 10.6. The number of aliphatic hydroxyl groups is 1. The highest BCUT2D eigenvalue weighted by atomic mass is 16.3. The van der Waals surface area contributed by atoms with Crippen molar-refractivity contribution in [1.29, 1.82) is 5.41 Å². The molecule has 4 N–H and O–H groups in total.